The van der Waals surface area contributed by atoms with Gasteiger partial charge in [-0.25, -0.2) is 4.79 Å². The van der Waals surface area contributed by atoms with Gasteiger partial charge in [-0.1, -0.05) is 0 Å². The van der Waals surface area contributed by atoms with Gasteiger partial charge < -0.3 is 20.8 Å². The Balaban J connectivity index is 2.21. The molecule has 6 nitrogen and oxygen atoms in total. The summed E-state index contributed by atoms with van der Waals surface area (Å²) in [6.07, 6.45) is 0. The Morgan fingerprint density at radius 3 is 2.53 bits per heavy atom. The lowest BCUT2D eigenvalue weighted by molar-refractivity contribution is -0.112. The van der Waals surface area contributed by atoms with Crippen molar-refractivity contribution >= 4 is 17.6 Å². The molecule has 19 heavy (non-hydrogen) atoms. The molecule has 1 aliphatic rings. The molecule has 1 aromatic carbocycles. The lowest BCUT2D eigenvalue weighted by Gasteiger charge is -2.21. The highest BCUT2D eigenvalue weighted by Crippen LogP contribution is 2.25. The molecular weight excluding hydrogens is 248 g/mol. The fourth-order valence-corrected chi connectivity index (χ4v) is 1.66. The molecule has 1 saturated heterocycles. The largest absolute Gasteiger partial charge is 0.506 e. The lowest BCUT2D eigenvalue weighted by atomic mass is 10.0. The summed E-state index contributed by atoms with van der Waals surface area (Å²) in [5, 5.41) is 24.0. The van der Waals surface area contributed by atoms with Gasteiger partial charge in [-0.05, 0) is 30.7 Å². The smallest absolute Gasteiger partial charge is 0.335 e. The minimum absolute atomic E-state index is 0.00344. The third-order valence-electron chi connectivity index (χ3n) is 3.04. The average Bonchev–Trinajstić information content (AvgIpc) is 2.29. The number of carbonyl (C=O) groups is 2. The number of hydrogen-bond donors (Lipinski definition) is 4. The second-order valence-corrected chi connectivity index (χ2v) is 4.32. The number of aromatic carboxylic acids is 1. The van der Waals surface area contributed by atoms with Crippen LogP contribution in [0.2, 0.25) is 0 Å². The van der Waals surface area contributed by atoms with E-state index in [2.05, 4.69) is 10.6 Å². The molecule has 6 heteroatoms. The van der Waals surface area contributed by atoms with Crippen molar-refractivity contribution in [3.8, 4) is 5.75 Å². The maximum Gasteiger partial charge on any atom is 0.335 e. The molecule has 100 valence electrons. The molecule has 1 amide bonds. The summed E-state index contributed by atoms with van der Waals surface area (Å²) in [6.45, 7) is 3.06. The van der Waals surface area contributed by atoms with Crippen LogP contribution in [-0.2, 0) is 4.79 Å². The molecule has 1 aliphatic heterocycles. The Morgan fingerprint density at radius 1 is 1.32 bits per heavy atom. The fraction of sp³-hybridized carbons (Fsp3) is 0.231. The van der Waals surface area contributed by atoms with Crippen LogP contribution >= 0.6 is 0 Å². The first kappa shape index (κ1) is 13.1. The van der Waals surface area contributed by atoms with Gasteiger partial charge in [-0.3, -0.25) is 4.79 Å². The van der Waals surface area contributed by atoms with E-state index in [1.54, 1.807) is 6.92 Å². The molecular formula is C13H14N2O4. The summed E-state index contributed by atoms with van der Waals surface area (Å²) in [6, 6.07) is 3.74. The molecule has 0 bridgehead atoms. The van der Waals surface area contributed by atoms with E-state index in [1.807, 2.05) is 0 Å². The van der Waals surface area contributed by atoms with Gasteiger partial charge in [0, 0.05) is 18.7 Å². The number of carbonyl (C=O) groups excluding carboxylic acids is 1. The Kier molecular flexibility index (Phi) is 3.52. The van der Waals surface area contributed by atoms with Crippen LogP contribution in [0.15, 0.2) is 29.3 Å². The van der Waals surface area contributed by atoms with E-state index in [1.165, 1.54) is 18.2 Å². The summed E-state index contributed by atoms with van der Waals surface area (Å²) < 4.78 is 0. The van der Waals surface area contributed by atoms with Gasteiger partial charge >= 0.3 is 5.97 Å². The van der Waals surface area contributed by atoms with Crippen LogP contribution in [0.1, 0.15) is 17.3 Å². The zero-order chi connectivity index (χ0) is 14.0. The summed E-state index contributed by atoms with van der Waals surface area (Å²) >= 11 is 0. The van der Waals surface area contributed by atoms with Crippen LogP contribution in [-0.4, -0.2) is 35.2 Å². The summed E-state index contributed by atoms with van der Waals surface area (Å²) in [5.41, 5.74) is 1.69. The van der Waals surface area contributed by atoms with Crippen molar-refractivity contribution in [1.82, 2.24) is 5.32 Å². The van der Waals surface area contributed by atoms with Crippen LogP contribution in [0, 0.1) is 0 Å². The molecule has 1 aromatic rings. The van der Waals surface area contributed by atoms with Crippen LogP contribution in [0.3, 0.4) is 0 Å². The van der Waals surface area contributed by atoms with Gasteiger partial charge in [-0.2, -0.15) is 0 Å². The third-order valence-corrected chi connectivity index (χ3v) is 3.04. The Labute approximate surface area is 109 Å². The first-order valence-corrected chi connectivity index (χ1v) is 5.76. The number of rotatable bonds is 3. The van der Waals surface area contributed by atoms with Crippen molar-refractivity contribution < 1.29 is 19.8 Å². The molecule has 1 heterocycles. The maximum atomic E-state index is 11.9. The van der Waals surface area contributed by atoms with Crippen LogP contribution < -0.4 is 10.6 Å². The Bertz CT molecular complexity index is 572. The summed E-state index contributed by atoms with van der Waals surface area (Å²) in [7, 11) is 0. The number of anilines is 1. The first-order valence-electron chi connectivity index (χ1n) is 5.76. The maximum absolute atomic E-state index is 11.9. The van der Waals surface area contributed by atoms with Crippen LogP contribution in [0.25, 0.3) is 0 Å². The van der Waals surface area contributed by atoms with E-state index in [9.17, 15) is 14.7 Å². The fourth-order valence-electron chi connectivity index (χ4n) is 1.66. The molecule has 0 spiro atoms. The van der Waals surface area contributed by atoms with Crippen LogP contribution in [0.4, 0.5) is 5.69 Å². The molecule has 0 aromatic heterocycles. The molecule has 1 fully saturated rings. The van der Waals surface area contributed by atoms with E-state index in [0.29, 0.717) is 18.7 Å². The molecule has 0 saturated carbocycles. The minimum atomic E-state index is -1.12. The third kappa shape index (κ3) is 2.74. The monoisotopic (exact) mass is 262 g/mol. The second kappa shape index (κ2) is 5.11. The highest BCUT2D eigenvalue weighted by Gasteiger charge is 2.17. The number of phenols is 1. The topological polar surface area (TPSA) is 98.7 Å². The summed E-state index contributed by atoms with van der Waals surface area (Å²) in [5.74, 6) is -1.62. The van der Waals surface area contributed by atoms with Crippen molar-refractivity contribution in [1.29, 1.82) is 0 Å². The van der Waals surface area contributed by atoms with Crippen molar-refractivity contribution in [2.75, 3.05) is 18.4 Å². The molecule has 0 atom stereocenters. The van der Waals surface area contributed by atoms with Crippen molar-refractivity contribution in [2.45, 2.75) is 6.92 Å². The van der Waals surface area contributed by atoms with Gasteiger partial charge in [0.25, 0.3) is 5.91 Å². The normalized spacial score (nSPS) is 13.6. The Hall–Kier alpha value is -2.34. The first-order chi connectivity index (χ1) is 8.99. The number of nitrogens with one attached hydrogen (secondary N) is 2. The Morgan fingerprint density at radius 2 is 2.00 bits per heavy atom. The number of carboxylic acids is 1. The van der Waals surface area contributed by atoms with Crippen molar-refractivity contribution in [2.24, 2.45) is 0 Å². The number of hydrogen-bond acceptors (Lipinski definition) is 4. The molecule has 0 unspecified atom stereocenters. The van der Waals surface area contributed by atoms with Crippen molar-refractivity contribution in [3.05, 3.63) is 34.9 Å². The minimum Gasteiger partial charge on any atom is -0.506 e. The standard InChI is InChI=1S/C13H14N2O4/c1-7(9-5-14-6-9)12(17)15-10-4-8(13(18)19)2-3-11(10)16/h2-4,14,16H,5-6H2,1H3,(H,15,17)(H,18,19). The van der Waals surface area contributed by atoms with E-state index < -0.39 is 5.97 Å². The highest BCUT2D eigenvalue weighted by atomic mass is 16.4. The predicted octanol–water partition coefficient (Wildman–Crippen LogP) is 0.949. The number of benzene rings is 1. The molecule has 4 N–H and O–H groups in total. The number of phenolic OH excluding ortho intramolecular Hbond substituents is 1. The van der Waals surface area contributed by atoms with Gasteiger partial charge in [-0.15, -0.1) is 0 Å². The zero-order valence-corrected chi connectivity index (χ0v) is 10.4. The lowest BCUT2D eigenvalue weighted by Crippen LogP contribution is -2.36. The van der Waals surface area contributed by atoms with Gasteiger partial charge in [0.2, 0.25) is 0 Å². The van der Waals surface area contributed by atoms with E-state index in [4.69, 9.17) is 5.11 Å². The molecule has 0 radical (unpaired) electrons. The molecule has 2 rings (SSSR count). The zero-order valence-electron chi connectivity index (χ0n) is 10.4. The van der Waals surface area contributed by atoms with Crippen molar-refractivity contribution in [3.63, 3.8) is 0 Å². The van der Waals surface area contributed by atoms with Crippen LogP contribution in [0.5, 0.6) is 5.75 Å². The van der Waals surface area contributed by atoms with Gasteiger partial charge in [0.15, 0.2) is 0 Å². The van der Waals surface area contributed by atoms with E-state index in [0.717, 1.165) is 5.57 Å². The average molecular weight is 262 g/mol. The quantitative estimate of drug-likeness (QED) is 0.480. The number of amides is 1. The second-order valence-electron chi connectivity index (χ2n) is 4.32. The summed E-state index contributed by atoms with van der Waals surface area (Å²) in [4.78, 5) is 22.8. The van der Waals surface area contributed by atoms with E-state index in [-0.39, 0.29) is 22.9 Å². The number of aromatic hydroxyl groups is 1. The van der Waals surface area contributed by atoms with Gasteiger partial charge in [0.05, 0.1) is 11.3 Å². The molecule has 0 aliphatic carbocycles. The highest BCUT2D eigenvalue weighted by molar-refractivity contribution is 6.05. The SMILES string of the molecule is CC(C(=O)Nc1cc(C(=O)O)ccc1O)=C1CNC1. The number of carboxylic acid groups (broad SMARTS) is 1. The van der Waals surface area contributed by atoms with E-state index >= 15 is 0 Å². The van der Waals surface area contributed by atoms with Gasteiger partial charge in [0.1, 0.15) is 5.75 Å². The predicted molar refractivity (Wildman–Crippen MR) is 69.3 cm³/mol.